The number of rotatable bonds is 2. The number of nitrogens with zero attached hydrogens (tertiary/aromatic N) is 3. The molecule has 0 amide bonds. The predicted octanol–water partition coefficient (Wildman–Crippen LogP) is 5.83. The molecule has 2 aromatic carbocycles. The molecule has 0 aliphatic carbocycles. The van der Waals surface area contributed by atoms with Crippen LogP contribution in [0.5, 0.6) is 0 Å². The fourth-order valence-electron chi connectivity index (χ4n) is 3.77. The Balaban J connectivity index is 1.73. The van der Waals surface area contributed by atoms with Crippen LogP contribution >= 0.6 is 11.3 Å². The van der Waals surface area contributed by atoms with Gasteiger partial charge in [-0.05, 0) is 50.1 Å². The van der Waals surface area contributed by atoms with Crippen LogP contribution in [0, 0.1) is 20.8 Å². The Morgan fingerprint density at radius 1 is 0.963 bits per heavy atom. The quantitative estimate of drug-likeness (QED) is 0.425. The van der Waals surface area contributed by atoms with E-state index in [9.17, 15) is 0 Å². The number of aryl methyl sites for hydroxylation is 3. The lowest BCUT2D eigenvalue weighted by molar-refractivity contribution is 1.25. The van der Waals surface area contributed by atoms with Gasteiger partial charge in [-0.1, -0.05) is 23.8 Å². The highest BCUT2D eigenvalue weighted by molar-refractivity contribution is 7.21. The van der Waals surface area contributed by atoms with Gasteiger partial charge in [0.05, 0.1) is 21.3 Å². The first-order valence-electron chi connectivity index (χ1n) is 8.88. The SMILES string of the molecule is Cc1cc(C)c(-c2nc3c(-c4nc5ccncc5s4)cccc3[nH]2)c(C)c1. The summed E-state index contributed by atoms with van der Waals surface area (Å²) in [5.41, 5.74) is 8.93. The molecular weight excluding hydrogens is 352 g/mol. The second-order valence-electron chi connectivity index (χ2n) is 6.92. The minimum atomic E-state index is 0.912. The van der Waals surface area contributed by atoms with Crippen LogP contribution in [0.3, 0.4) is 0 Å². The number of benzene rings is 2. The van der Waals surface area contributed by atoms with E-state index < -0.39 is 0 Å². The van der Waals surface area contributed by atoms with Crippen molar-refractivity contribution in [1.82, 2.24) is 19.9 Å². The first-order valence-corrected chi connectivity index (χ1v) is 9.69. The Bertz CT molecular complexity index is 1260. The highest BCUT2D eigenvalue weighted by Crippen LogP contribution is 2.35. The number of nitrogens with one attached hydrogen (secondary N) is 1. The van der Waals surface area contributed by atoms with E-state index in [1.807, 2.05) is 12.3 Å². The smallest absolute Gasteiger partial charge is 0.139 e. The Kier molecular flexibility index (Phi) is 3.58. The van der Waals surface area contributed by atoms with E-state index in [4.69, 9.17) is 9.97 Å². The summed E-state index contributed by atoms with van der Waals surface area (Å²) in [5.74, 6) is 0.912. The Morgan fingerprint density at radius 3 is 2.56 bits per heavy atom. The molecular formula is C22H18N4S. The van der Waals surface area contributed by atoms with E-state index in [1.165, 1.54) is 22.3 Å². The first kappa shape index (κ1) is 16.1. The lowest BCUT2D eigenvalue weighted by Gasteiger charge is -2.08. The number of thiazole rings is 1. The van der Waals surface area contributed by atoms with Crippen molar-refractivity contribution in [1.29, 1.82) is 0 Å². The molecule has 0 radical (unpaired) electrons. The largest absolute Gasteiger partial charge is 0.338 e. The van der Waals surface area contributed by atoms with Crippen LogP contribution in [0.25, 0.3) is 43.2 Å². The Hall–Kier alpha value is -3.05. The fourth-order valence-corrected chi connectivity index (χ4v) is 4.73. The summed E-state index contributed by atoms with van der Waals surface area (Å²) >= 11 is 1.65. The van der Waals surface area contributed by atoms with E-state index in [0.29, 0.717) is 0 Å². The van der Waals surface area contributed by atoms with Crippen LogP contribution in [0.2, 0.25) is 0 Å². The third-order valence-corrected chi connectivity index (χ3v) is 5.89. The van der Waals surface area contributed by atoms with Crippen molar-refractivity contribution < 1.29 is 0 Å². The second kappa shape index (κ2) is 5.99. The molecule has 0 fully saturated rings. The van der Waals surface area contributed by atoms with Crippen molar-refractivity contribution in [2.75, 3.05) is 0 Å². The van der Waals surface area contributed by atoms with Crippen LogP contribution in [0.4, 0.5) is 0 Å². The van der Waals surface area contributed by atoms with Gasteiger partial charge in [-0.25, -0.2) is 9.97 Å². The maximum Gasteiger partial charge on any atom is 0.139 e. The number of para-hydroxylation sites is 1. The summed E-state index contributed by atoms with van der Waals surface area (Å²) in [6.07, 6.45) is 3.65. The standard InChI is InChI=1S/C22H18N4S/c1-12-9-13(2)19(14(3)10-12)21-24-17-6-4-5-15(20(17)26-21)22-25-16-7-8-23-11-18(16)27-22/h4-11H,1-3H3,(H,24,26). The average molecular weight is 370 g/mol. The third-order valence-electron chi connectivity index (χ3n) is 4.85. The number of hydrogen-bond donors (Lipinski definition) is 1. The van der Waals surface area contributed by atoms with Crippen molar-refractivity contribution in [3.63, 3.8) is 0 Å². The number of hydrogen-bond acceptors (Lipinski definition) is 4. The number of imidazole rings is 1. The van der Waals surface area contributed by atoms with E-state index in [-0.39, 0.29) is 0 Å². The third kappa shape index (κ3) is 2.62. The van der Waals surface area contributed by atoms with Gasteiger partial charge in [-0.15, -0.1) is 11.3 Å². The zero-order valence-electron chi connectivity index (χ0n) is 15.4. The van der Waals surface area contributed by atoms with Gasteiger partial charge in [-0.2, -0.15) is 0 Å². The van der Waals surface area contributed by atoms with E-state index in [2.05, 4.69) is 61.1 Å². The molecule has 0 saturated heterocycles. The number of aromatic amines is 1. The summed E-state index contributed by atoms with van der Waals surface area (Å²) in [4.78, 5) is 17.5. The van der Waals surface area contributed by atoms with Crippen LogP contribution < -0.4 is 0 Å². The molecule has 4 nitrogen and oxygen atoms in total. The first-order chi connectivity index (χ1) is 13.1. The summed E-state index contributed by atoms with van der Waals surface area (Å²) in [6, 6.07) is 12.6. The predicted molar refractivity (Wildman–Crippen MR) is 112 cm³/mol. The second-order valence-corrected chi connectivity index (χ2v) is 7.95. The maximum absolute atomic E-state index is 4.98. The number of fused-ring (bicyclic) bond motifs is 2. The minimum absolute atomic E-state index is 0.912. The lowest BCUT2D eigenvalue weighted by atomic mass is 9.99. The van der Waals surface area contributed by atoms with Crippen LogP contribution in [0.15, 0.2) is 48.8 Å². The minimum Gasteiger partial charge on any atom is -0.338 e. The highest BCUT2D eigenvalue weighted by atomic mass is 32.1. The summed E-state index contributed by atoms with van der Waals surface area (Å²) in [5, 5.41) is 0.971. The van der Waals surface area contributed by atoms with Gasteiger partial charge < -0.3 is 4.98 Å². The molecule has 3 aromatic heterocycles. The molecule has 0 bridgehead atoms. The zero-order valence-corrected chi connectivity index (χ0v) is 16.2. The number of aromatic nitrogens is 4. The van der Waals surface area contributed by atoms with Crippen LogP contribution in [-0.2, 0) is 0 Å². The Labute approximate surface area is 161 Å². The monoisotopic (exact) mass is 370 g/mol. The van der Waals surface area contributed by atoms with Gasteiger partial charge in [0.25, 0.3) is 0 Å². The van der Waals surface area contributed by atoms with E-state index in [0.717, 1.165) is 37.6 Å². The van der Waals surface area contributed by atoms with Crippen molar-refractivity contribution >= 4 is 32.6 Å². The van der Waals surface area contributed by atoms with Gasteiger partial charge in [0.2, 0.25) is 0 Å². The van der Waals surface area contributed by atoms with Crippen LogP contribution in [-0.4, -0.2) is 19.9 Å². The lowest BCUT2D eigenvalue weighted by Crippen LogP contribution is -1.91. The highest BCUT2D eigenvalue weighted by Gasteiger charge is 2.16. The van der Waals surface area contributed by atoms with Gasteiger partial charge in [0.1, 0.15) is 10.8 Å². The van der Waals surface area contributed by atoms with Gasteiger partial charge in [-0.3, -0.25) is 4.98 Å². The summed E-state index contributed by atoms with van der Waals surface area (Å²) in [7, 11) is 0. The molecule has 0 spiro atoms. The summed E-state index contributed by atoms with van der Waals surface area (Å²) in [6.45, 7) is 6.41. The molecule has 27 heavy (non-hydrogen) atoms. The molecule has 3 heterocycles. The van der Waals surface area contributed by atoms with E-state index >= 15 is 0 Å². The van der Waals surface area contributed by atoms with Gasteiger partial charge >= 0.3 is 0 Å². The molecule has 0 aliphatic rings. The summed E-state index contributed by atoms with van der Waals surface area (Å²) < 4.78 is 1.09. The van der Waals surface area contributed by atoms with Crippen molar-refractivity contribution in [3.8, 4) is 22.0 Å². The molecule has 0 aliphatic heterocycles. The number of pyridine rings is 1. The zero-order chi connectivity index (χ0) is 18.5. The Morgan fingerprint density at radius 2 is 1.78 bits per heavy atom. The van der Waals surface area contributed by atoms with Crippen LogP contribution in [0.1, 0.15) is 16.7 Å². The maximum atomic E-state index is 4.98. The average Bonchev–Trinajstić information content (AvgIpc) is 3.24. The van der Waals surface area contributed by atoms with Crippen molar-refractivity contribution in [3.05, 3.63) is 65.5 Å². The fraction of sp³-hybridized carbons (Fsp3) is 0.136. The van der Waals surface area contributed by atoms with Crippen molar-refractivity contribution in [2.45, 2.75) is 20.8 Å². The molecule has 5 aromatic rings. The van der Waals surface area contributed by atoms with Crippen molar-refractivity contribution in [2.24, 2.45) is 0 Å². The molecule has 5 heteroatoms. The van der Waals surface area contributed by atoms with E-state index in [1.54, 1.807) is 17.5 Å². The topological polar surface area (TPSA) is 54.5 Å². The normalized spacial score (nSPS) is 11.5. The molecule has 0 saturated carbocycles. The molecule has 5 rings (SSSR count). The molecule has 0 atom stereocenters. The molecule has 132 valence electrons. The molecule has 1 N–H and O–H groups in total. The molecule has 0 unspecified atom stereocenters. The van der Waals surface area contributed by atoms with Gasteiger partial charge in [0.15, 0.2) is 0 Å². The van der Waals surface area contributed by atoms with Gasteiger partial charge in [0, 0.05) is 23.5 Å². The number of H-pyrrole nitrogens is 1.